The van der Waals surface area contributed by atoms with Crippen LogP contribution in [0.4, 0.5) is 5.69 Å². The van der Waals surface area contributed by atoms with Crippen molar-refractivity contribution < 1.29 is 0 Å². The first-order chi connectivity index (χ1) is 10.1. The van der Waals surface area contributed by atoms with E-state index in [4.69, 9.17) is 0 Å². The molecular weight excluding hydrogens is 258 g/mol. The number of rotatable bonds is 5. The summed E-state index contributed by atoms with van der Waals surface area (Å²) in [5.41, 5.74) is 3.31. The maximum absolute atomic E-state index is 9.43. The molecule has 0 aliphatic rings. The van der Waals surface area contributed by atoms with Crippen LogP contribution in [0.15, 0.2) is 54.6 Å². The molecular formula is C18H21N3. The van der Waals surface area contributed by atoms with E-state index < -0.39 is 0 Å². The Hall–Kier alpha value is -2.31. The van der Waals surface area contributed by atoms with Crippen LogP contribution >= 0.6 is 0 Å². The van der Waals surface area contributed by atoms with Gasteiger partial charge in [0.2, 0.25) is 0 Å². The molecule has 2 rings (SSSR count). The van der Waals surface area contributed by atoms with Gasteiger partial charge in [0.15, 0.2) is 0 Å². The van der Waals surface area contributed by atoms with E-state index in [0.29, 0.717) is 0 Å². The Kier molecular flexibility index (Phi) is 4.97. The molecule has 0 spiro atoms. The van der Waals surface area contributed by atoms with Crippen LogP contribution in [0.2, 0.25) is 0 Å². The van der Waals surface area contributed by atoms with Gasteiger partial charge < -0.3 is 4.90 Å². The molecule has 2 aromatic rings. The monoisotopic (exact) mass is 279 g/mol. The fourth-order valence-corrected chi connectivity index (χ4v) is 2.26. The van der Waals surface area contributed by atoms with E-state index in [1.165, 1.54) is 5.56 Å². The third-order valence-electron chi connectivity index (χ3n) is 3.59. The number of anilines is 1. The zero-order valence-electron chi connectivity index (χ0n) is 12.7. The lowest BCUT2D eigenvalue weighted by Crippen LogP contribution is -2.23. The summed E-state index contributed by atoms with van der Waals surface area (Å²) in [5.74, 6) is 0. The van der Waals surface area contributed by atoms with E-state index in [1.807, 2.05) is 61.5 Å². The van der Waals surface area contributed by atoms with Gasteiger partial charge in [-0.25, -0.2) is 0 Å². The van der Waals surface area contributed by atoms with Crippen molar-refractivity contribution in [1.82, 2.24) is 5.32 Å². The quantitative estimate of drug-likeness (QED) is 0.907. The number of hydrogen-bond acceptors (Lipinski definition) is 3. The molecule has 0 fully saturated rings. The van der Waals surface area contributed by atoms with Gasteiger partial charge in [-0.15, -0.1) is 0 Å². The molecule has 1 N–H and O–H groups in total. The van der Waals surface area contributed by atoms with Gasteiger partial charge >= 0.3 is 0 Å². The average Bonchev–Trinajstić information content (AvgIpc) is 2.53. The number of benzene rings is 2. The van der Waals surface area contributed by atoms with Crippen molar-refractivity contribution in [2.75, 3.05) is 19.0 Å². The Labute approximate surface area is 126 Å². The summed E-state index contributed by atoms with van der Waals surface area (Å²) < 4.78 is 0. The summed E-state index contributed by atoms with van der Waals surface area (Å²) in [6, 6.07) is 20.4. The first-order valence-corrected chi connectivity index (χ1v) is 7.09. The molecule has 108 valence electrons. The second-order valence-electron chi connectivity index (χ2n) is 5.35. The highest BCUT2D eigenvalue weighted by Gasteiger charge is 2.14. The molecule has 0 bridgehead atoms. The van der Waals surface area contributed by atoms with Crippen LogP contribution in [0, 0.1) is 11.3 Å². The van der Waals surface area contributed by atoms with Crippen LogP contribution in [0.25, 0.3) is 0 Å². The van der Waals surface area contributed by atoms with Crippen molar-refractivity contribution in [2.45, 2.75) is 19.0 Å². The predicted octanol–water partition coefficient (Wildman–Crippen LogP) is 3.67. The van der Waals surface area contributed by atoms with Crippen molar-refractivity contribution in [3.63, 3.8) is 0 Å². The molecule has 0 aliphatic carbocycles. The lowest BCUT2D eigenvalue weighted by atomic mass is 10.0. The van der Waals surface area contributed by atoms with Gasteiger partial charge in [-0.1, -0.05) is 42.5 Å². The summed E-state index contributed by atoms with van der Waals surface area (Å²) in [6.07, 6.45) is 0. The fourth-order valence-electron chi connectivity index (χ4n) is 2.26. The molecule has 2 unspecified atom stereocenters. The topological polar surface area (TPSA) is 39.1 Å². The van der Waals surface area contributed by atoms with Crippen molar-refractivity contribution in [3.05, 3.63) is 65.7 Å². The third-order valence-corrected chi connectivity index (χ3v) is 3.59. The fraction of sp³-hybridized carbons (Fsp3) is 0.278. The predicted molar refractivity (Wildman–Crippen MR) is 87.1 cm³/mol. The molecule has 2 atom stereocenters. The van der Waals surface area contributed by atoms with E-state index in [0.717, 1.165) is 11.3 Å². The maximum Gasteiger partial charge on any atom is 0.121 e. The van der Waals surface area contributed by atoms with Crippen molar-refractivity contribution in [3.8, 4) is 6.07 Å². The summed E-state index contributed by atoms with van der Waals surface area (Å²) in [4.78, 5) is 2.05. The molecule has 0 saturated heterocycles. The Morgan fingerprint density at radius 3 is 2.10 bits per heavy atom. The first-order valence-electron chi connectivity index (χ1n) is 7.09. The summed E-state index contributed by atoms with van der Waals surface area (Å²) in [6.45, 7) is 2.08. The van der Waals surface area contributed by atoms with Crippen LogP contribution in [0.3, 0.4) is 0 Å². The SMILES string of the molecule is CC(NC(C#N)c1ccc(N(C)C)cc1)c1ccccc1. The first kappa shape index (κ1) is 15.1. The molecule has 2 aromatic carbocycles. The number of nitrogens with one attached hydrogen (secondary N) is 1. The van der Waals surface area contributed by atoms with Gasteiger partial charge in [0.1, 0.15) is 6.04 Å². The Balaban J connectivity index is 2.11. The van der Waals surface area contributed by atoms with Crippen molar-refractivity contribution >= 4 is 5.69 Å². The molecule has 3 heteroatoms. The largest absolute Gasteiger partial charge is 0.378 e. The lowest BCUT2D eigenvalue weighted by Gasteiger charge is -2.20. The lowest BCUT2D eigenvalue weighted by molar-refractivity contribution is 0.533. The van der Waals surface area contributed by atoms with Gasteiger partial charge in [0.25, 0.3) is 0 Å². The highest BCUT2D eigenvalue weighted by molar-refractivity contribution is 5.47. The molecule has 0 aromatic heterocycles. The normalized spacial score (nSPS) is 13.2. The average molecular weight is 279 g/mol. The van der Waals surface area contributed by atoms with E-state index in [9.17, 15) is 5.26 Å². The van der Waals surface area contributed by atoms with E-state index in [1.54, 1.807) is 0 Å². The molecule has 3 nitrogen and oxygen atoms in total. The standard InChI is InChI=1S/C18H21N3/c1-14(15-7-5-4-6-8-15)20-18(13-19)16-9-11-17(12-10-16)21(2)3/h4-12,14,18,20H,1-3H3. The molecule has 0 heterocycles. The van der Waals surface area contributed by atoms with Crippen LogP contribution in [-0.2, 0) is 0 Å². The Bertz CT molecular complexity index is 597. The summed E-state index contributed by atoms with van der Waals surface area (Å²) >= 11 is 0. The zero-order valence-corrected chi connectivity index (χ0v) is 12.7. The molecule has 0 radical (unpaired) electrons. The Morgan fingerprint density at radius 1 is 0.952 bits per heavy atom. The van der Waals surface area contributed by atoms with Crippen molar-refractivity contribution in [1.29, 1.82) is 5.26 Å². The van der Waals surface area contributed by atoms with Gasteiger partial charge in [-0.2, -0.15) is 5.26 Å². The summed E-state index contributed by atoms with van der Waals surface area (Å²) in [5, 5.41) is 12.8. The van der Waals surface area contributed by atoms with Gasteiger partial charge in [0.05, 0.1) is 6.07 Å². The number of nitriles is 1. The van der Waals surface area contributed by atoms with E-state index in [2.05, 4.69) is 30.4 Å². The number of nitrogens with zero attached hydrogens (tertiary/aromatic N) is 2. The van der Waals surface area contributed by atoms with Gasteiger partial charge in [-0.05, 0) is 30.2 Å². The summed E-state index contributed by atoms with van der Waals surface area (Å²) in [7, 11) is 4.01. The number of hydrogen-bond donors (Lipinski definition) is 1. The van der Waals surface area contributed by atoms with E-state index in [-0.39, 0.29) is 12.1 Å². The minimum Gasteiger partial charge on any atom is -0.378 e. The van der Waals surface area contributed by atoms with Crippen LogP contribution in [-0.4, -0.2) is 14.1 Å². The zero-order chi connectivity index (χ0) is 15.2. The maximum atomic E-state index is 9.43. The minimum atomic E-state index is -0.309. The van der Waals surface area contributed by atoms with Crippen LogP contribution in [0.5, 0.6) is 0 Å². The van der Waals surface area contributed by atoms with Gasteiger partial charge in [-0.3, -0.25) is 5.32 Å². The smallest absolute Gasteiger partial charge is 0.121 e. The molecule has 0 saturated carbocycles. The minimum absolute atomic E-state index is 0.129. The highest BCUT2D eigenvalue weighted by atomic mass is 15.1. The highest BCUT2D eigenvalue weighted by Crippen LogP contribution is 2.21. The van der Waals surface area contributed by atoms with Crippen LogP contribution < -0.4 is 10.2 Å². The van der Waals surface area contributed by atoms with Gasteiger partial charge in [0, 0.05) is 25.8 Å². The molecule has 0 aliphatic heterocycles. The second-order valence-corrected chi connectivity index (χ2v) is 5.35. The molecule has 0 amide bonds. The van der Waals surface area contributed by atoms with Crippen molar-refractivity contribution in [2.24, 2.45) is 0 Å². The second kappa shape index (κ2) is 6.92. The molecule has 21 heavy (non-hydrogen) atoms. The third kappa shape index (κ3) is 3.84. The van der Waals surface area contributed by atoms with E-state index >= 15 is 0 Å². The Morgan fingerprint density at radius 2 is 1.57 bits per heavy atom. The van der Waals surface area contributed by atoms with Crippen LogP contribution in [0.1, 0.15) is 30.1 Å².